The average Bonchev–Trinajstić information content (AvgIpc) is 2.47. The van der Waals surface area contributed by atoms with E-state index in [1.807, 2.05) is 0 Å². The Morgan fingerprint density at radius 2 is 2.45 bits per heavy atom. The van der Waals surface area contributed by atoms with Crippen LogP contribution in [-0.4, -0.2) is 11.1 Å². The lowest BCUT2D eigenvalue weighted by Crippen LogP contribution is -2.32. The van der Waals surface area contributed by atoms with Crippen LogP contribution in [0.3, 0.4) is 0 Å². The Balaban J connectivity index is 2.20. The molecule has 2 heteroatoms. The van der Waals surface area contributed by atoms with E-state index in [4.69, 9.17) is 0 Å². The van der Waals surface area contributed by atoms with Gasteiger partial charge in [-0.2, -0.15) is 0 Å². The molecule has 1 N–H and O–H groups in total. The van der Waals surface area contributed by atoms with Crippen molar-refractivity contribution in [3.8, 4) is 0 Å². The molecule has 1 atom stereocenters. The van der Waals surface area contributed by atoms with Gasteiger partial charge < -0.3 is 10.2 Å². The van der Waals surface area contributed by atoms with Crippen LogP contribution in [0.25, 0.3) is 0 Å². The van der Waals surface area contributed by atoms with Crippen molar-refractivity contribution in [1.82, 2.24) is 10.2 Å². The van der Waals surface area contributed by atoms with Gasteiger partial charge in [0.1, 0.15) is 6.17 Å². The van der Waals surface area contributed by atoms with Gasteiger partial charge in [-0.25, -0.2) is 0 Å². The van der Waals surface area contributed by atoms with Crippen LogP contribution in [0, 0.1) is 0 Å². The molecule has 0 fully saturated rings. The predicted molar refractivity (Wildman–Crippen MR) is 45.4 cm³/mol. The van der Waals surface area contributed by atoms with Crippen molar-refractivity contribution in [2.75, 3.05) is 0 Å². The minimum Gasteiger partial charge on any atom is -0.366 e. The lowest BCUT2D eigenvalue weighted by Gasteiger charge is -2.24. The van der Waals surface area contributed by atoms with E-state index in [0.717, 1.165) is 6.42 Å². The Morgan fingerprint density at radius 3 is 3.27 bits per heavy atom. The summed E-state index contributed by atoms with van der Waals surface area (Å²) in [4.78, 5) is 2.25. The van der Waals surface area contributed by atoms with Gasteiger partial charge in [0.15, 0.2) is 0 Å². The molecule has 0 radical (unpaired) electrons. The van der Waals surface area contributed by atoms with Gasteiger partial charge in [0.2, 0.25) is 0 Å². The monoisotopic (exact) mass is 148 g/mol. The zero-order valence-electron chi connectivity index (χ0n) is 6.62. The molecule has 2 nitrogen and oxygen atoms in total. The van der Waals surface area contributed by atoms with E-state index in [1.165, 1.54) is 5.70 Å². The SMILES string of the molecule is CCC1=CNC2C=CC=CN12. The highest BCUT2D eigenvalue weighted by Crippen LogP contribution is 2.20. The second-order valence-electron chi connectivity index (χ2n) is 2.73. The number of hydrogen-bond donors (Lipinski definition) is 1. The van der Waals surface area contributed by atoms with E-state index < -0.39 is 0 Å². The molecule has 58 valence electrons. The standard InChI is InChI=1S/C9H12N2/c1-2-8-7-10-9-5-3-4-6-11(8)9/h3-7,9-10H,2H2,1H3. The van der Waals surface area contributed by atoms with E-state index in [-0.39, 0.29) is 0 Å². The summed E-state index contributed by atoms with van der Waals surface area (Å²) in [6, 6.07) is 0. The first-order valence-electron chi connectivity index (χ1n) is 4.00. The van der Waals surface area contributed by atoms with Gasteiger partial charge in [0.25, 0.3) is 0 Å². The van der Waals surface area contributed by atoms with Crippen LogP contribution in [0.5, 0.6) is 0 Å². The average molecular weight is 148 g/mol. The van der Waals surface area contributed by atoms with Crippen molar-refractivity contribution in [1.29, 1.82) is 0 Å². The minimum atomic E-state index is 0.370. The molecule has 1 unspecified atom stereocenters. The maximum atomic E-state index is 3.29. The Kier molecular flexibility index (Phi) is 1.46. The van der Waals surface area contributed by atoms with Crippen LogP contribution in [0.2, 0.25) is 0 Å². The van der Waals surface area contributed by atoms with Crippen molar-refractivity contribution in [2.24, 2.45) is 0 Å². The summed E-state index contributed by atoms with van der Waals surface area (Å²) in [6.45, 7) is 2.17. The molecule has 0 amide bonds. The summed E-state index contributed by atoms with van der Waals surface area (Å²) in [5.41, 5.74) is 1.36. The Labute approximate surface area is 66.9 Å². The van der Waals surface area contributed by atoms with Crippen LogP contribution in [0.4, 0.5) is 0 Å². The van der Waals surface area contributed by atoms with Gasteiger partial charge in [-0.1, -0.05) is 13.0 Å². The first-order chi connectivity index (χ1) is 5.42. The molecule has 2 aliphatic heterocycles. The van der Waals surface area contributed by atoms with Gasteiger partial charge >= 0.3 is 0 Å². The van der Waals surface area contributed by atoms with Crippen LogP contribution < -0.4 is 5.32 Å². The fourth-order valence-corrected chi connectivity index (χ4v) is 1.45. The maximum absolute atomic E-state index is 3.29. The molecule has 0 spiro atoms. The number of nitrogens with zero attached hydrogens (tertiary/aromatic N) is 1. The molecule has 0 aromatic heterocycles. The third-order valence-electron chi connectivity index (χ3n) is 2.07. The number of rotatable bonds is 1. The number of nitrogens with one attached hydrogen (secondary N) is 1. The minimum absolute atomic E-state index is 0.370. The van der Waals surface area contributed by atoms with Crippen molar-refractivity contribution in [3.05, 3.63) is 36.3 Å². The number of allylic oxidation sites excluding steroid dienone is 3. The third kappa shape index (κ3) is 0.946. The van der Waals surface area contributed by atoms with Crippen molar-refractivity contribution in [3.63, 3.8) is 0 Å². The quantitative estimate of drug-likeness (QED) is 0.607. The second-order valence-corrected chi connectivity index (χ2v) is 2.73. The Morgan fingerprint density at radius 1 is 1.55 bits per heavy atom. The van der Waals surface area contributed by atoms with Crippen LogP contribution in [0.1, 0.15) is 13.3 Å². The van der Waals surface area contributed by atoms with Crippen molar-refractivity contribution >= 4 is 0 Å². The second kappa shape index (κ2) is 2.46. The summed E-state index contributed by atoms with van der Waals surface area (Å²) >= 11 is 0. The summed E-state index contributed by atoms with van der Waals surface area (Å²) < 4.78 is 0. The molecule has 0 saturated heterocycles. The molecule has 2 heterocycles. The largest absolute Gasteiger partial charge is 0.366 e. The molecule has 0 bridgehead atoms. The van der Waals surface area contributed by atoms with E-state index in [0.29, 0.717) is 6.17 Å². The lowest BCUT2D eigenvalue weighted by molar-refractivity contribution is 0.392. The Bertz CT molecular complexity index is 238. The smallest absolute Gasteiger partial charge is 0.122 e. The fourth-order valence-electron chi connectivity index (χ4n) is 1.45. The summed E-state index contributed by atoms with van der Waals surface area (Å²) in [5, 5.41) is 3.29. The summed E-state index contributed by atoms with van der Waals surface area (Å²) in [7, 11) is 0. The van der Waals surface area contributed by atoms with Crippen molar-refractivity contribution < 1.29 is 0 Å². The summed E-state index contributed by atoms with van der Waals surface area (Å²) in [5.74, 6) is 0. The predicted octanol–water partition coefficient (Wildman–Crippen LogP) is 1.55. The first-order valence-corrected chi connectivity index (χ1v) is 4.00. The number of fused-ring (bicyclic) bond motifs is 1. The maximum Gasteiger partial charge on any atom is 0.122 e. The van der Waals surface area contributed by atoms with Gasteiger partial charge in [-0.05, 0) is 18.6 Å². The topological polar surface area (TPSA) is 15.3 Å². The molecule has 11 heavy (non-hydrogen) atoms. The van der Waals surface area contributed by atoms with Crippen LogP contribution in [0.15, 0.2) is 36.3 Å². The van der Waals surface area contributed by atoms with Crippen molar-refractivity contribution in [2.45, 2.75) is 19.5 Å². The van der Waals surface area contributed by atoms with Gasteiger partial charge in [-0.15, -0.1) is 0 Å². The molecule has 0 aromatic rings. The Hall–Kier alpha value is -1.18. The highest BCUT2D eigenvalue weighted by atomic mass is 15.3. The number of hydrogen-bond acceptors (Lipinski definition) is 2. The van der Waals surface area contributed by atoms with Gasteiger partial charge in [-0.3, -0.25) is 0 Å². The van der Waals surface area contributed by atoms with E-state index in [2.05, 4.69) is 47.8 Å². The zero-order valence-corrected chi connectivity index (χ0v) is 6.62. The molecule has 0 aromatic carbocycles. The van der Waals surface area contributed by atoms with Crippen LogP contribution in [-0.2, 0) is 0 Å². The fraction of sp³-hybridized carbons (Fsp3) is 0.333. The highest BCUT2D eigenvalue weighted by Gasteiger charge is 2.20. The van der Waals surface area contributed by atoms with Crippen LogP contribution >= 0.6 is 0 Å². The van der Waals surface area contributed by atoms with Gasteiger partial charge in [0, 0.05) is 18.1 Å². The molecular formula is C9H12N2. The molecule has 0 saturated carbocycles. The normalized spacial score (nSPS) is 26.5. The van der Waals surface area contributed by atoms with E-state index in [1.54, 1.807) is 0 Å². The molecule has 2 aliphatic rings. The first kappa shape index (κ1) is 6.53. The molecular weight excluding hydrogens is 136 g/mol. The summed E-state index contributed by atoms with van der Waals surface area (Å²) in [6.07, 6.45) is 11.9. The molecule has 2 rings (SSSR count). The lowest BCUT2D eigenvalue weighted by atomic mass is 10.2. The third-order valence-corrected chi connectivity index (χ3v) is 2.07. The van der Waals surface area contributed by atoms with E-state index in [9.17, 15) is 0 Å². The highest BCUT2D eigenvalue weighted by molar-refractivity contribution is 5.23. The van der Waals surface area contributed by atoms with Gasteiger partial charge in [0.05, 0.1) is 0 Å². The van der Waals surface area contributed by atoms with E-state index >= 15 is 0 Å². The zero-order chi connectivity index (χ0) is 7.68. The molecule has 0 aliphatic carbocycles.